The molecule has 1 aromatic heterocycles. The molecular formula is C13H18ClN3O3S. The number of amides is 1. The third-order valence-corrected chi connectivity index (χ3v) is 4.63. The summed E-state index contributed by atoms with van der Waals surface area (Å²) in [6.45, 7) is 6.36. The zero-order valence-corrected chi connectivity index (χ0v) is 13.8. The maximum absolute atomic E-state index is 12.4. The van der Waals surface area contributed by atoms with Gasteiger partial charge in [0.25, 0.3) is 0 Å². The minimum absolute atomic E-state index is 0.182. The monoisotopic (exact) mass is 331 g/mol. The molecule has 2 unspecified atom stereocenters. The van der Waals surface area contributed by atoms with Gasteiger partial charge >= 0.3 is 6.09 Å². The number of halogens is 1. The summed E-state index contributed by atoms with van der Waals surface area (Å²) in [6.07, 6.45) is 3.10. The van der Waals surface area contributed by atoms with E-state index < -0.39 is 16.4 Å². The predicted octanol–water partition coefficient (Wildman–Crippen LogP) is 2.25. The summed E-state index contributed by atoms with van der Waals surface area (Å²) >= 11 is 5.71. The molecule has 0 spiro atoms. The molecule has 0 bridgehead atoms. The number of carbonyl (C=O) groups excluding carboxylic acids is 1. The van der Waals surface area contributed by atoms with Crippen molar-refractivity contribution in [3.05, 3.63) is 17.4 Å². The number of nitrogens with zero attached hydrogens (tertiary/aromatic N) is 3. The van der Waals surface area contributed by atoms with Crippen molar-refractivity contribution in [3.63, 3.8) is 0 Å². The number of aromatic nitrogens is 2. The van der Waals surface area contributed by atoms with Crippen LogP contribution in [0.15, 0.2) is 17.6 Å². The zero-order chi connectivity index (χ0) is 15.6. The number of likely N-dealkylation sites (tertiary alicyclic amines) is 1. The van der Waals surface area contributed by atoms with Crippen molar-refractivity contribution in [1.82, 2.24) is 14.9 Å². The molecule has 1 aliphatic heterocycles. The van der Waals surface area contributed by atoms with Crippen LogP contribution in [0.5, 0.6) is 0 Å². The van der Waals surface area contributed by atoms with Crippen LogP contribution < -0.4 is 0 Å². The molecule has 1 saturated heterocycles. The Bertz CT molecular complexity index is 545. The van der Waals surface area contributed by atoms with E-state index in [-0.39, 0.29) is 16.5 Å². The molecule has 0 aliphatic carbocycles. The molecular weight excluding hydrogens is 314 g/mol. The van der Waals surface area contributed by atoms with Gasteiger partial charge in [-0.25, -0.2) is 14.8 Å². The first-order valence-corrected chi connectivity index (χ1v) is 8.21. The first-order valence-electron chi connectivity index (χ1n) is 6.62. The molecule has 2 rings (SSSR count). The Morgan fingerprint density at radius 2 is 2.05 bits per heavy atom. The van der Waals surface area contributed by atoms with Gasteiger partial charge in [-0.2, -0.15) is 0 Å². The highest BCUT2D eigenvalue weighted by atomic mass is 35.5. The molecule has 1 aromatic rings. The van der Waals surface area contributed by atoms with Crippen LogP contribution in [0, 0.1) is 0 Å². The number of hydrogen-bond donors (Lipinski definition) is 0. The van der Waals surface area contributed by atoms with E-state index >= 15 is 0 Å². The summed E-state index contributed by atoms with van der Waals surface area (Å²) in [5, 5.41) is 0.465. The van der Waals surface area contributed by atoms with Gasteiger partial charge in [-0.3, -0.25) is 4.21 Å². The molecule has 2 heterocycles. The van der Waals surface area contributed by atoms with E-state index in [1.807, 2.05) is 20.8 Å². The molecule has 21 heavy (non-hydrogen) atoms. The third kappa shape index (κ3) is 4.38. The SMILES string of the molecule is CC(C)(C)OC(=O)N1CCC(S(=O)c2ncc(Cl)cn2)C1. The van der Waals surface area contributed by atoms with Crippen LogP contribution >= 0.6 is 11.6 Å². The largest absolute Gasteiger partial charge is 0.444 e. The Hall–Kier alpha value is -1.21. The summed E-state index contributed by atoms with van der Waals surface area (Å²) < 4.78 is 17.7. The summed E-state index contributed by atoms with van der Waals surface area (Å²) in [5.74, 6) is 0. The van der Waals surface area contributed by atoms with Crippen molar-refractivity contribution in [2.45, 2.75) is 43.2 Å². The lowest BCUT2D eigenvalue weighted by Gasteiger charge is -2.24. The van der Waals surface area contributed by atoms with Gasteiger partial charge in [0.1, 0.15) is 5.60 Å². The Balaban J connectivity index is 1.97. The lowest BCUT2D eigenvalue weighted by Crippen LogP contribution is -2.36. The number of carbonyl (C=O) groups is 1. The molecule has 0 aromatic carbocycles. The Kier molecular flexibility index (Phi) is 4.83. The second-order valence-electron chi connectivity index (χ2n) is 5.82. The highest BCUT2D eigenvalue weighted by molar-refractivity contribution is 7.85. The molecule has 1 fully saturated rings. The Morgan fingerprint density at radius 1 is 1.43 bits per heavy atom. The number of rotatable bonds is 2. The second-order valence-corrected chi connectivity index (χ2v) is 7.88. The van der Waals surface area contributed by atoms with Crippen LogP contribution in [0.2, 0.25) is 5.02 Å². The Labute approximate surface area is 131 Å². The van der Waals surface area contributed by atoms with Crippen molar-refractivity contribution in [2.75, 3.05) is 13.1 Å². The standard InChI is InChI=1S/C13H18ClN3O3S/c1-13(2,3)20-12(18)17-5-4-10(8-17)21(19)11-15-6-9(14)7-16-11/h6-7,10H,4-5,8H2,1-3H3. The average Bonchev–Trinajstić information content (AvgIpc) is 2.86. The summed E-state index contributed by atoms with van der Waals surface area (Å²) in [6, 6.07) is 0. The van der Waals surface area contributed by atoms with Crippen molar-refractivity contribution in [3.8, 4) is 0 Å². The van der Waals surface area contributed by atoms with Crippen LogP contribution in [0.4, 0.5) is 4.79 Å². The van der Waals surface area contributed by atoms with E-state index in [4.69, 9.17) is 16.3 Å². The van der Waals surface area contributed by atoms with Crippen molar-refractivity contribution >= 4 is 28.5 Å². The Morgan fingerprint density at radius 3 is 2.62 bits per heavy atom. The highest BCUT2D eigenvalue weighted by Crippen LogP contribution is 2.21. The van der Waals surface area contributed by atoms with Gasteiger partial charge in [0, 0.05) is 13.1 Å². The van der Waals surface area contributed by atoms with Gasteiger partial charge in [-0.1, -0.05) is 11.6 Å². The van der Waals surface area contributed by atoms with Gasteiger partial charge in [-0.15, -0.1) is 0 Å². The van der Waals surface area contributed by atoms with E-state index in [2.05, 4.69) is 9.97 Å². The predicted molar refractivity (Wildman–Crippen MR) is 79.7 cm³/mol. The van der Waals surface area contributed by atoms with E-state index in [1.54, 1.807) is 4.90 Å². The first kappa shape index (κ1) is 16.2. The molecule has 0 saturated carbocycles. The smallest absolute Gasteiger partial charge is 0.410 e. The van der Waals surface area contributed by atoms with Gasteiger partial charge in [-0.05, 0) is 27.2 Å². The van der Waals surface area contributed by atoms with Crippen molar-refractivity contribution in [1.29, 1.82) is 0 Å². The molecule has 0 radical (unpaired) electrons. The first-order chi connectivity index (χ1) is 9.76. The molecule has 0 N–H and O–H groups in total. The maximum atomic E-state index is 12.4. The quantitative estimate of drug-likeness (QED) is 0.777. The van der Waals surface area contributed by atoms with E-state index in [9.17, 15) is 9.00 Å². The van der Waals surface area contributed by atoms with E-state index in [1.165, 1.54) is 12.4 Å². The maximum Gasteiger partial charge on any atom is 0.410 e. The van der Waals surface area contributed by atoms with Crippen LogP contribution in [-0.4, -0.2) is 49.1 Å². The topological polar surface area (TPSA) is 72.4 Å². The van der Waals surface area contributed by atoms with Crippen molar-refractivity contribution < 1.29 is 13.7 Å². The van der Waals surface area contributed by atoms with E-state index in [0.717, 1.165) is 0 Å². The highest BCUT2D eigenvalue weighted by Gasteiger charge is 2.34. The fourth-order valence-corrected chi connectivity index (χ4v) is 3.29. The normalized spacial score (nSPS) is 20.4. The molecule has 1 amide bonds. The molecule has 2 atom stereocenters. The van der Waals surface area contributed by atoms with Gasteiger partial charge in [0.15, 0.2) is 0 Å². The van der Waals surface area contributed by atoms with Crippen LogP contribution in [0.25, 0.3) is 0 Å². The van der Waals surface area contributed by atoms with Crippen LogP contribution in [0.3, 0.4) is 0 Å². The third-order valence-electron chi connectivity index (χ3n) is 2.88. The fraction of sp³-hybridized carbons (Fsp3) is 0.615. The minimum atomic E-state index is -1.36. The van der Waals surface area contributed by atoms with E-state index in [0.29, 0.717) is 24.5 Å². The average molecular weight is 332 g/mol. The lowest BCUT2D eigenvalue weighted by molar-refractivity contribution is 0.0295. The molecule has 6 nitrogen and oxygen atoms in total. The fourth-order valence-electron chi connectivity index (χ4n) is 1.95. The van der Waals surface area contributed by atoms with Crippen LogP contribution in [-0.2, 0) is 15.5 Å². The number of hydrogen-bond acceptors (Lipinski definition) is 5. The minimum Gasteiger partial charge on any atom is -0.444 e. The number of ether oxygens (including phenoxy) is 1. The second kappa shape index (κ2) is 6.27. The van der Waals surface area contributed by atoms with Gasteiger partial charge in [0.05, 0.1) is 33.5 Å². The van der Waals surface area contributed by atoms with Crippen molar-refractivity contribution in [2.24, 2.45) is 0 Å². The lowest BCUT2D eigenvalue weighted by atomic mass is 10.2. The molecule has 116 valence electrons. The van der Waals surface area contributed by atoms with Gasteiger partial charge in [0.2, 0.25) is 5.16 Å². The summed E-state index contributed by atoms with van der Waals surface area (Å²) in [7, 11) is -1.36. The zero-order valence-electron chi connectivity index (χ0n) is 12.2. The summed E-state index contributed by atoms with van der Waals surface area (Å²) in [4.78, 5) is 21.5. The van der Waals surface area contributed by atoms with Crippen LogP contribution in [0.1, 0.15) is 27.2 Å². The molecule has 8 heteroatoms. The summed E-state index contributed by atoms with van der Waals surface area (Å²) in [5.41, 5.74) is -0.534. The molecule has 1 aliphatic rings. The van der Waals surface area contributed by atoms with Gasteiger partial charge < -0.3 is 9.64 Å².